The molecule has 1 unspecified atom stereocenters. The Bertz CT molecular complexity index is 1110. The molecule has 3 atom stereocenters. The highest BCUT2D eigenvalue weighted by Gasteiger charge is 2.42. The summed E-state index contributed by atoms with van der Waals surface area (Å²) in [5, 5.41) is 11.2. The number of hydrogen-bond donors (Lipinski definition) is 2. The second-order valence-electron chi connectivity index (χ2n) is 8.77. The molecule has 3 heterocycles. The number of imidazole rings is 1. The third kappa shape index (κ3) is 3.18. The van der Waals surface area contributed by atoms with Crippen LogP contribution >= 0.6 is 0 Å². The van der Waals surface area contributed by atoms with E-state index in [9.17, 15) is 4.79 Å². The maximum absolute atomic E-state index is 12.5. The summed E-state index contributed by atoms with van der Waals surface area (Å²) in [6.45, 7) is 0.915. The fraction of sp³-hybridized carbons (Fsp3) is 0.435. The average molecular weight is 405 g/mol. The molecule has 7 nitrogen and oxygen atoms in total. The van der Waals surface area contributed by atoms with Crippen LogP contribution in [-0.4, -0.2) is 38.7 Å². The van der Waals surface area contributed by atoms with Crippen LogP contribution in [0.1, 0.15) is 64.6 Å². The van der Waals surface area contributed by atoms with Crippen LogP contribution < -0.4 is 10.9 Å². The number of aryl methyl sites for hydroxylation is 1. The van der Waals surface area contributed by atoms with Gasteiger partial charge in [0, 0.05) is 49.2 Å². The number of rotatable bonds is 4. The van der Waals surface area contributed by atoms with Crippen LogP contribution in [0.5, 0.6) is 0 Å². The predicted octanol–water partition coefficient (Wildman–Crippen LogP) is 2.42. The van der Waals surface area contributed by atoms with Crippen molar-refractivity contribution in [2.45, 2.75) is 43.8 Å². The van der Waals surface area contributed by atoms with E-state index in [0.717, 1.165) is 48.5 Å². The lowest BCUT2D eigenvalue weighted by Gasteiger charge is -2.41. The van der Waals surface area contributed by atoms with Crippen LogP contribution in [0.15, 0.2) is 41.5 Å². The zero-order valence-electron chi connectivity index (χ0n) is 17.7. The van der Waals surface area contributed by atoms with Crippen molar-refractivity contribution in [3.63, 3.8) is 0 Å². The van der Waals surface area contributed by atoms with Gasteiger partial charge in [-0.1, -0.05) is 24.3 Å². The molecule has 2 aliphatic rings. The molecule has 156 valence electrons. The number of H-pyrrole nitrogens is 1. The lowest BCUT2D eigenvalue weighted by atomic mass is 9.76. The molecule has 0 saturated carbocycles. The maximum atomic E-state index is 12.5. The highest BCUT2D eigenvalue weighted by atomic mass is 16.1. The summed E-state index contributed by atoms with van der Waals surface area (Å²) in [6, 6.07) is 9.03. The first kappa shape index (κ1) is 19.2. The van der Waals surface area contributed by atoms with Crippen molar-refractivity contribution in [3.05, 3.63) is 80.8 Å². The number of nitrogens with zero attached hydrogens (tertiary/aromatic N) is 4. The van der Waals surface area contributed by atoms with Gasteiger partial charge in [0.15, 0.2) is 0 Å². The summed E-state index contributed by atoms with van der Waals surface area (Å²) in [5.41, 5.74) is 5.41. The average Bonchev–Trinajstić information content (AvgIpc) is 3.16. The van der Waals surface area contributed by atoms with E-state index in [0.29, 0.717) is 0 Å². The Kier molecular flexibility index (Phi) is 4.79. The van der Waals surface area contributed by atoms with Crippen LogP contribution in [0.4, 0.5) is 0 Å². The Morgan fingerprint density at radius 3 is 2.73 bits per heavy atom. The molecule has 0 fully saturated rings. The first-order valence-electron chi connectivity index (χ1n) is 10.6. The van der Waals surface area contributed by atoms with Crippen LogP contribution in [0.3, 0.4) is 0 Å². The van der Waals surface area contributed by atoms with E-state index < -0.39 is 0 Å². The summed E-state index contributed by atoms with van der Waals surface area (Å²) in [6.07, 6.45) is 6.65. The Balaban J connectivity index is 1.64. The highest BCUT2D eigenvalue weighted by Crippen LogP contribution is 2.46. The summed E-state index contributed by atoms with van der Waals surface area (Å²) >= 11 is 0. The summed E-state index contributed by atoms with van der Waals surface area (Å²) in [5.74, 6) is 0.889. The van der Waals surface area contributed by atoms with Gasteiger partial charge in [-0.3, -0.25) is 4.79 Å². The topological polar surface area (TPSA) is 78.8 Å². The lowest BCUT2D eigenvalue weighted by molar-refractivity contribution is 0.328. The molecular weight excluding hydrogens is 376 g/mol. The molecule has 3 aromatic rings. The summed E-state index contributed by atoms with van der Waals surface area (Å²) in [7, 11) is 6.18. The van der Waals surface area contributed by atoms with E-state index in [-0.39, 0.29) is 23.6 Å². The normalized spacial score (nSPS) is 22.9. The van der Waals surface area contributed by atoms with E-state index in [1.165, 1.54) is 11.1 Å². The van der Waals surface area contributed by atoms with Crippen molar-refractivity contribution < 1.29 is 0 Å². The zero-order valence-corrected chi connectivity index (χ0v) is 17.7. The standard InChI is InChI=1S/C23H28N6O/c1-28(2)13-14-7-9-15(10-8-14)20-19(22-24-11-12-29(22)3)21-18-16(23(30)27-26-21)5-4-6-17(18)25-20/h7-12,17,19-20,25H,4-6,13H2,1-3H3,(H,27,30)/t17?,19-,20-/m1/s1. The number of aromatic nitrogens is 4. The molecule has 0 amide bonds. The predicted molar refractivity (Wildman–Crippen MR) is 115 cm³/mol. The van der Waals surface area contributed by atoms with Crippen molar-refractivity contribution in [2.24, 2.45) is 7.05 Å². The van der Waals surface area contributed by atoms with Crippen molar-refractivity contribution >= 4 is 0 Å². The monoisotopic (exact) mass is 404 g/mol. The Hall–Kier alpha value is -2.77. The van der Waals surface area contributed by atoms with Gasteiger partial charge in [-0.05, 0) is 44.5 Å². The molecule has 0 radical (unpaired) electrons. The molecule has 1 aromatic carbocycles. The molecule has 5 rings (SSSR count). The van der Waals surface area contributed by atoms with Crippen molar-refractivity contribution in [1.82, 2.24) is 30.0 Å². The van der Waals surface area contributed by atoms with Gasteiger partial charge in [-0.15, -0.1) is 0 Å². The molecular formula is C23H28N6O. The van der Waals surface area contributed by atoms with Gasteiger partial charge in [0.05, 0.1) is 11.6 Å². The van der Waals surface area contributed by atoms with E-state index in [1.54, 1.807) is 0 Å². The molecule has 0 spiro atoms. The zero-order chi connectivity index (χ0) is 20.8. The van der Waals surface area contributed by atoms with E-state index in [1.807, 2.05) is 19.4 Å². The van der Waals surface area contributed by atoms with Crippen LogP contribution in [0.25, 0.3) is 0 Å². The molecule has 0 saturated heterocycles. The van der Waals surface area contributed by atoms with Gasteiger partial charge in [-0.2, -0.15) is 5.10 Å². The van der Waals surface area contributed by atoms with Gasteiger partial charge in [0.25, 0.3) is 5.56 Å². The molecule has 7 heteroatoms. The number of benzene rings is 1. The SMILES string of the molecule is CN(C)Cc1ccc([C@H]2NC3CCCc4c3c(n[nH]c4=O)[C@@H]2c2nccn2C)cc1. The molecule has 1 aliphatic heterocycles. The first-order chi connectivity index (χ1) is 14.5. The van der Waals surface area contributed by atoms with Gasteiger partial charge < -0.3 is 14.8 Å². The molecule has 2 N–H and O–H groups in total. The second kappa shape index (κ2) is 7.49. The second-order valence-corrected chi connectivity index (χ2v) is 8.77. The third-order valence-corrected chi connectivity index (χ3v) is 6.40. The van der Waals surface area contributed by atoms with E-state index in [4.69, 9.17) is 0 Å². The van der Waals surface area contributed by atoms with Crippen molar-refractivity contribution in [1.29, 1.82) is 0 Å². The summed E-state index contributed by atoms with van der Waals surface area (Å²) < 4.78 is 2.06. The molecule has 1 aliphatic carbocycles. The molecule has 0 bridgehead atoms. The lowest BCUT2D eigenvalue weighted by Crippen LogP contribution is -2.42. The van der Waals surface area contributed by atoms with E-state index in [2.05, 4.69) is 68.3 Å². The minimum absolute atomic E-state index is 0.0429. The van der Waals surface area contributed by atoms with Crippen molar-refractivity contribution in [3.8, 4) is 0 Å². The maximum Gasteiger partial charge on any atom is 0.267 e. The minimum atomic E-state index is -0.0651. The van der Waals surface area contributed by atoms with Gasteiger partial charge in [0.2, 0.25) is 0 Å². The van der Waals surface area contributed by atoms with Gasteiger partial charge >= 0.3 is 0 Å². The smallest absolute Gasteiger partial charge is 0.267 e. The van der Waals surface area contributed by atoms with Gasteiger partial charge in [0.1, 0.15) is 5.82 Å². The Morgan fingerprint density at radius 2 is 2.03 bits per heavy atom. The Morgan fingerprint density at radius 1 is 1.23 bits per heavy atom. The highest BCUT2D eigenvalue weighted by molar-refractivity contribution is 5.44. The number of hydrogen-bond acceptors (Lipinski definition) is 5. The van der Waals surface area contributed by atoms with Crippen LogP contribution in [0.2, 0.25) is 0 Å². The number of aromatic amines is 1. The third-order valence-electron chi connectivity index (χ3n) is 6.40. The Labute approximate surface area is 176 Å². The minimum Gasteiger partial charge on any atom is -0.337 e. The number of nitrogens with one attached hydrogen (secondary N) is 2. The fourth-order valence-electron chi connectivity index (χ4n) is 5.09. The van der Waals surface area contributed by atoms with Crippen LogP contribution in [-0.2, 0) is 20.0 Å². The molecule has 30 heavy (non-hydrogen) atoms. The molecule has 2 aromatic heterocycles. The largest absolute Gasteiger partial charge is 0.337 e. The van der Waals surface area contributed by atoms with Gasteiger partial charge in [-0.25, -0.2) is 10.1 Å². The quantitative estimate of drug-likeness (QED) is 0.698. The fourth-order valence-corrected chi connectivity index (χ4v) is 5.09. The van der Waals surface area contributed by atoms with Crippen molar-refractivity contribution in [2.75, 3.05) is 14.1 Å². The van der Waals surface area contributed by atoms with E-state index >= 15 is 0 Å². The van der Waals surface area contributed by atoms with Crippen LogP contribution in [0, 0.1) is 0 Å². The first-order valence-corrected chi connectivity index (χ1v) is 10.6. The summed E-state index contributed by atoms with van der Waals surface area (Å²) in [4.78, 5) is 19.3.